The van der Waals surface area contributed by atoms with Crippen molar-refractivity contribution in [2.75, 3.05) is 6.54 Å². The van der Waals surface area contributed by atoms with Gasteiger partial charge in [0.1, 0.15) is 11.5 Å². The van der Waals surface area contributed by atoms with Crippen molar-refractivity contribution in [3.05, 3.63) is 59.3 Å². The fourth-order valence-electron chi connectivity index (χ4n) is 2.48. The second-order valence-corrected chi connectivity index (χ2v) is 5.49. The lowest BCUT2D eigenvalue weighted by molar-refractivity contribution is 0.494. The fourth-order valence-corrected chi connectivity index (χ4v) is 2.71. The molecule has 2 nitrogen and oxygen atoms in total. The van der Waals surface area contributed by atoms with Crippen molar-refractivity contribution >= 4 is 22.4 Å². The molecule has 0 bridgehead atoms. The van der Waals surface area contributed by atoms with Crippen LogP contribution >= 0.6 is 11.6 Å². The Labute approximate surface area is 129 Å². The molecule has 0 saturated carbocycles. The largest absolute Gasteiger partial charge is 0.460 e. The second kappa shape index (κ2) is 6.33. The van der Waals surface area contributed by atoms with Gasteiger partial charge in [0.15, 0.2) is 0 Å². The molecule has 0 spiro atoms. The van der Waals surface area contributed by atoms with Crippen LogP contribution in [-0.2, 0) is 6.54 Å². The molecule has 0 aliphatic rings. The first-order valence-electron chi connectivity index (χ1n) is 7.26. The zero-order valence-electron chi connectivity index (χ0n) is 12.0. The predicted octanol–water partition coefficient (Wildman–Crippen LogP) is 5.25. The van der Waals surface area contributed by atoms with Crippen LogP contribution in [0.15, 0.2) is 52.9 Å². The van der Waals surface area contributed by atoms with E-state index in [4.69, 9.17) is 16.0 Å². The lowest BCUT2D eigenvalue weighted by Gasteiger charge is -2.06. The van der Waals surface area contributed by atoms with E-state index < -0.39 is 0 Å². The van der Waals surface area contributed by atoms with Crippen LogP contribution < -0.4 is 5.32 Å². The molecule has 1 aromatic heterocycles. The van der Waals surface area contributed by atoms with E-state index in [1.165, 1.54) is 0 Å². The molecule has 0 atom stereocenters. The van der Waals surface area contributed by atoms with Crippen molar-refractivity contribution in [2.24, 2.45) is 0 Å². The van der Waals surface area contributed by atoms with Crippen molar-refractivity contribution in [3.8, 4) is 11.3 Å². The Bertz CT molecular complexity index is 748. The molecule has 2 aromatic carbocycles. The molecule has 3 heteroatoms. The monoisotopic (exact) mass is 299 g/mol. The molecule has 0 aliphatic heterocycles. The molecular weight excluding hydrogens is 282 g/mol. The smallest absolute Gasteiger partial charge is 0.134 e. The Morgan fingerprint density at radius 3 is 2.62 bits per heavy atom. The summed E-state index contributed by atoms with van der Waals surface area (Å²) >= 11 is 6.27. The van der Waals surface area contributed by atoms with E-state index in [-0.39, 0.29) is 0 Å². The second-order valence-electron chi connectivity index (χ2n) is 5.08. The number of benzene rings is 2. The van der Waals surface area contributed by atoms with Gasteiger partial charge in [-0.2, -0.15) is 0 Å². The van der Waals surface area contributed by atoms with E-state index in [2.05, 4.69) is 18.3 Å². The SMILES string of the molecule is CCCNCc1ccc(-c2ccc(Cl)c3ccccc23)o1. The van der Waals surface area contributed by atoms with Crippen molar-refractivity contribution in [1.29, 1.82) is 0 Å². The minimum atomic E-state index is 0.763. The summed E-state index contributed by atoms with van der Waals surface area (Å²) in [4.78, 5) is 0. The number of hydrogen-bond donors (Lipinski definition) is 1. The summed E-state index contributed by atoms with van der Waals surface area (Å²) in [5.41, 5.74) is 1.08. The van der Waals surface area contributed by atoms with Crippen molar-refractivity contribution in [2.45, 2.75) is 19.9 Å². The fraction of sp³-hybridized carbons (Fsp3) is 0.222. The first-order chi connectivity index (χ1) is 10.3. The third kappa shape index (κ3) is 2.97. The van der Waals surface area contributed by atoms with Crippen LogP contribution in [0, 0.1) is 0 Å². The number of hydrogen-bond acceptors (Lipinski definition) is 2. The minimum absolute atomic E-state index is 0.763. The van der Waals surface area contributed by atoms with E-state index >= 15 is 0 Å². The average molecular weight is 300 g/mol. The van der Waals surface area contributed by atoms with Crippen LogP contribution in [0.2, 0.25) is 5.02 Å². The number of rotatable bonds is 5. The Hall–Kier alpha value is -1.77. The molecule has 0 saturated heterocycles. The normalized spacial score (nSPS) is 11.1. The molecule has 0 aliphatic carbocycles. The van der Waals surface area contributed by atoms with Crippen LogP contribution in [0.25, 0.3) is 22.1 Å². The lowest BCUT2D eigenvalue weighted by Crippen LogP contribution is -2.12. The van der Waals surface area contributed by atoms with Gasteiger partial charge in [-0.3, -0.25) is 0 Å². The van der Waals surface area contributed by atoms with Crippen LogP contribution in [0.5, 0.6) is 0 Å². The molecule has 0 amide bonds. The molecule has 0 unspecified atom stereocenters. The van der Waals surface area contributed by atoms with E-state index in [0.29, 0.717) is 0 Å². The number of fused-ring (bicyclic) bond motifs is 1. The molecule has 0 fully saturated rings. The summed E-state index contributed by atoms with van der Waals surface area (Å²) in [6, 6.07) is 16.1. The summed E-state index contributed by atoms with van der Waals surface area (Å²) in [7, 11) is 0. The third-order valence-electron chi connectivity index (χ3n) is 3.52. The number of nitrogens with one attached hydrogen (secondary N) is 1. The molecule has 3 rings (SSSR count). The van der Waals surface area contributed by atoms with Gasteiger partial charge in [0.05, 0.1) is 6.54 Å². The van der Waals surface area contributed by atoms with E-state index in [9.17, 15) is 0 Å². The highest BCUT2D eigenvalue weighted by Crippen LogP contribution is 2.33. The van der Waals surface area contributed by atoms with Crippen LogP contribution in [0.3, 0.4) is 0 Å². The molecule has 1 N–H and O–H groups in total. The van der Waals surface area contributed by atoms with Gasteiger partial charge in [0, 0.05) is 16.0 Å². The maximum atomic E-state index is 6.27. The highest BCUT2D eigenvalue weighted by atomic mass is 35.5. The summed E-state index contributed by atoms with van der Waals surface area (Å²) in [5.74, 6) is 1.84. The lowest BCUT2D eigenvalue weighted by atomic mass is 10.0. The molecule has 3 aromatic rings. The zero-order chi connectivity index (χ0) is 14.7. The van der Waals surface area contributed by atoms with E-state index in [0.717, 1.165) is 52.4 Å². The van der Waals surface area contributed by atoms with Crippen LogP contribution in [0.1, 0.15) is 19.1 Å². The van der Waals surface area contributed by atoms with Crippen LogP contribution in [-0.4, -0.2) is 6.54 Å². The van der Waals surface area contributed by atoms with Gasteiger partial charge in [-0.05, 0) is 42.6 Å². The standard InChI is InChI=1S/C18H18ClNO/c1-2-11-20-12-13-7-10-18(21-13)16-8-9-17(19)15-6-4-3-5-14(15)16/h3-10,20H,2,11-12H2,1H3. The van der Waals surface area contributed by atoms with Crippen molar-refractivity contribution in [3.63, 3.8) is 0 Å². The van der Waals surface area contributed by atoms with Gasteiger partial charge in [-0.25, -0.2) is 0 Å². The molecule has 1 heterocycles. The van der Waals surface area contributed by atoms with Crippen molar-refractivity contribution < 1.29 is 4.42 Å². The topological polar surface area (TPSA) is 25.2 Å². The maximum Gasteiger partial charge on any atom is 0.134 e. The third-order valence-corrected chi connectivity index (χ3v) is 3.85. The number of halogens is 1. The summed E-state index contributed by atoms with van der Waals surface area (Å²) in [5, 5.41) is 6.29. The van der Waals surface area contributed by atoms with Gasteiger partial charge < -0.3 is 9.73 Å². The Kier molecular flexibility index (Phi) is 4.28. The van der Waals surface area contributed by atoms with Gasteiger partial charge in [-0.1, -0.05) is 42.8 Å². The van der Waals surface area contributed by atoms with E-state index in [1.807, 2.05) is 42.5 Å². The molecule has 21 heavy (non-hydrogen) atoms. The Morgan fingerprint density at radius 2 is 1.81 bits per heavy atom. The van der Waals surface area contributed by atoms with E-state index in [1.54, 1.807) is 0 Å². The van der Waals surface area contributed by atoms with Gasteiger partial charge in [-0.15, -0.1) is 0 Å². The maximum absolute atomic E-state index is 6.27. The first-order valence-corrected chi connectivity index (χ1v) is 7.64. The van der Waals surface area contributed by atoms with Crippen molar-refractivity contribution in [1.82, 2.24) is 5.32 Å². The summed E-state index contributed by atoms with van der Waals surface area (Å²) in [6.07, 6.45) is 1.12. The minimum Gasteiger partial charge on any atom is -0.460 e. The number of furan rings is 1. The van der Waals surface area contributed by atoms with Crippen LogP contribution in [0.4, 0.5) is 0 Å². The first kappa shape index (κ1) is 14.2. The summed E-state index contributed by atoms with van der Waals surface area (Å²) < 4.78 is 5.96. The highest BCUT2D eigenvalue weighted by Gasteiger charge is 2.10. The molecule has 0 radical (unpaired) electrons. The average Bonchev–Trinajstić information content (AvgIpc) is 2.97. The molecular formula is C18H18ClNO. The highest BCUT2D eigenvalue weighted by molar-refractivity contribution is 6.36. The Morgan fingerprint density at radius 1 is 1.00 bits per heavy atom. The Balaban J connectivity index is 1.96. The summed E-state index contributed by atoms with van der Waals surface area (Å²) in [6.45, 7) is 3.92. The van der Waals surface area contributed by atoms with Gasteiger partial charge in [0.2, 0.25) is 0 Å². The van der Waals surface area contributed by atoms with Gasteiger partial charge in [0.25, 0.3) is 0 Å². The molecule has 108 valence electrons. The quantitative estimate of drug-likeness (QED) is 0.651. The predicted molar refractivity (Wildman–Crippen MR) is 88.7 cm³/mol. The zero-order valence-corrected chi connectivity index (χ0v) is 12.8. The van der Waals surface area contributed by atoms with Gasteiger partial charge >= 0.3 is 0 Å².